The maximum absolute atomic E-state index is 12.8. The first-order valence-corrected chi connectivity index (χ1v) is 10.00. The molecule has 2 heterocycles. The minimum atomic E-state index is -0.327. The third kappa shape index (κ3) is 3.55. The molecule has 7 nitrogen and oxygen atoms in total. The van der Waals surface area contributed by atoms with Crippen molar-refractivity contribution < 1.29 is 4.79 Å². The van der Waals surface area contributed by atoms with Crippen LogP contribution in [0.2, 0.25) is 5.02 Å². The van der Waals surface area contributed by atoms with E-state index in [-0.39, 0.29) is 11.6 Å². The van der Waals surface area contributed by atoms with Crippen molar-refractivity contribution in [1.29, 1.82) is 0 Å². The standard InChI is InChI=1S/C23H17ClN6O/c1-15-22(27-28-30(15)19-6-4-5-16(24)13-19)23(31)26-17-9-11-18(12-10-17)29-14-25-20-7-2-3-8-21(20)29/h2-14H,1H3,(H,26,31). The summed E-state index contributed by atoms with van der Waals surface area (Å²) in [5, 5.41) is 11.6. The van der Waals surface area contributed by atoms with Crippen LogP contribution < -0.4 is 5.32 Å². The molecule has 1 N–H and O–H groups in total. The molecule has 0 aliphatic rings. The molecule has 0 spiro atoms. The second-order valence-electron chi connectivity index (χ2n) is 7.02. The van der Waals surface area contributed by atoms with E-state index < -0.39 is 0 Å². The number of hydrogen-bond donors (Lipinski definition) is 1. The molecule has 5 rings (SSSR count). The van der Waals surface area contributed by atoms with Crippen LogP contribution in [-0.4, -0.2) is 30.5 Å². The van der Waals surface area contributed by atoms with E-state index in [4.69, 9.17) is 11.6 Å². The zero-order valence-electron chi connectivity index (χ0n) is 16.5. The third-order valence-corrected chi connectivity index (χ3v) is 5.25. The number of nitrogens with zero attached hydrogens (tertiary/aromatic N) is 5. The van der Waals surface area contributed by atoms with Crippen molar-refractivity contribution in [3.8, 4) is 11.4 Å². The highest BCUT2D eigenvalue weighted by molar-refractivity contribution is 6.30. The number of benzene rings is 3. The van der Waals surface area contributed by atoms with Crippen LogP contribution in [-0.2, 0) is 0 Å². The maximum atomic E-state index is 12.8. The predicted molar refractivity (Wildman–Crippen MR) is 120 cm³/mol. The quantitative estimate of drug-likeness (QED) is 0.445. The summed E-state index contributed by atoms with van der Waals surface area (Å²) in [5.41, 5.74) is 5.19. The average Bonchev–Trinajstić information content (AvgIpc) is 3.38. The predicted octanol–water partition coefficient (Wildman–Crippen LogP) is 4.82. The molecule has 1 amide bonds. The number of imidazole rings is 1. The summed E-state index contributed by atoms with van der Waals surface area (Å²) in [4.78, 5) is 17.2. The van der Waals surface area contributed by atoms with Crippen LogP contribution in [0.15, 0.2) is 79.1 Å². The first kappa shape index (κ1) is 19.0. The van der Waals surface area contributed by atoms with Gasteiger partial charge in [0.1, 0.15) is 6.33 Å². The Labute approximate surface area is 182 Å². The van der Waals surface area contributed by atoms with Gasteiger partial charge in [-0.2, -0.15) is 0 Å². The Kier molecular flexibility index (Phi) is 4.72. The fourth-order valence-corrected chi connectivity index (χ4v) is 3.64. The molecule has 31 heavy (non-hydrogen) atoms. The number of anilines is 1. The van der Waals surface area contributed by atoms with E-state index in [9.17, 15) is 4.79 Å². The molecule has 0 atom stereocenters. The van der Waals surface area contributed by atoms with E-state index in [2.05, 4.69) is 20.6 Å². The van der Waals surface area contributed by atoms with Crippen molar-refractivity contribution in [2.24, 2.45) is 0 Å². The van der Waals surface area contributed by atoms with E-state index in [1.165, 1.54) is 0 Å². The van der Waals surface area contributed by atoms with E-state index in [0.29, 0.717) is 16.4 Å². The Morgan fingerprint density at radius 1 is 0.968 bits per heavy atom. The number of carbonyl (C=O) groups is 1. The molecule has 0 fully saturated rings. The molecule has 0 bridgehead atoms. The van der Waals surface area contributed by atoms with Crippen molar-refractivity contribution >= 4 is 34.2 Å². The van der Waals surface area contributed by atoms with E-state index >= 15 is 0 Å². The van der Waals surface area contributed by atoms with Crippen LogP contribution in [0.25, 0.3) is 22.4 Å². The number of halogens is 1. The number of nitrogens with one attached hydrogen (secondary N) is 1. The summed E-state index contributed by atoms with van der Waals surface area (Å²) >= 11 is 6.06. The van der Waals surface area contributed by atoms with Crippen molar-refractivity contribution in [2.75, 3.05) is 5.32 Å². The van der Waals surface area contributed by atoms with Crippen LogP contribution in [0.3, 0.4) is 0 Å². The number of carbonyl (C=O) groups excluding carboxylic acids is 1. The minimum absolute atomic E-state index is 0.254. The third-order valence-electron chi connectivity index (χ3n) is 5.02. The molecule has 0 radical (unpaired) electrons. The van der Waals surface area contributed by atoms with Gasteiger partial charge in [0, 0.05) is 16.4 Å². The number of fused-ring (bicyclic) bond motifs is 1. The average molecular weight is 429 g/mol. The molecule has 8 heteroatoms. The summed E-state index contributed by atoms with van der Waals surface area (Å²) in [6, 6.07) is 22.7. The van der Waals surface area contributed by atoms with Gasteiger partial charge in [-0.05, 0) is 61.5 Å². The highest BCUT2D eigenvalue weighted by atomic mass is 35.5. The van der Waals surface area contributed by atoms with E-state index in [1.54, 1.807) is 30.1 Å². The summed E-state index contributed by atoms with van der Waals surface area (Å²) in [7, 11) is 0. The highest BCUT2D eigenvalue weighted by Gasteiger charge is 2.18. The van der Waals surface area contributed by atoms with Gasteiger partial charge < -0.3 is 5.32 Å². The van der Waals surface area contributed by atoms with Gasteiger partial charge in [-0.25, -0.2) is 9.67 Å². The first-order chi connectivity index (χ1) is 15.1. The van der Waals surface area contributed by atoms with E-state index in [1.807, 2.05) is 65.2 Å². The fraction of sp³-hybridized carbons (Fsp3) is 0.0435. The Balaban J connectivity index is 1.37. The second kappa shape index (κ2) is 7.70. The summed E-state index contributed by atoms with van der Waals surface area (Å²) in [6.07, 6.45) is 1.79. The molecular weight excluding hydrogens is 412 g/mol. The SMILES string of the molecule is Cc1c(C(=O)Nc2ccc(-n3cnc4ccccc43)cc2)nnn1-c1cccc(Cl)c1. The first-order valence-electron chi connectivity index (χ1n) is 9.62. The lowest BCUT2D eigenvalue weighted by Crippen LogP contribution is -2.14. The smallest absolute Gasteiger partial charge is 0.278 e. The van der Waals surface area contributed by atoms with Crippen molar-refractivity contribution in [2.45, 2.75) is 6.92 Å². The molecule has 0 aliphatic carbocycles. The van der Waals surface area contributed by atoms with Gasteiger partial charge in [-0.3, -0.25) is 9.36 Å². The second-order valence-corrected chi connectivity index (χ2v) is 7.46. The molecule has 0 saturated carbocycles. The van der Waals surface area contributed by atoms with Crippen LogP contribution in [0.1, 0.15) is 16.2 Å². The topological polar surface area (TPSA) is 77.6 Å². The number of para-hydroxylation sites is 2. The van der Waals surface area contributed by atoms with Gasteiger partial charge in [-0.15, -0.1) is 5.10 Å². The molecule has 5 aromatic rings. The fourth-order valence-electron chi connectivity index (χ4n) is 3.45. The normalized spacial score (nSPS) is 11.0. The highest BCUT2D eigenvalue weighted by Crippen LogP contribution is 2.21. The molecule has 2 aromatic heterocycles. The van der Waals surface area contributed by atoms with Crippen LogP contribution in [0, 0.1) is 6.92 Å². The number of hydrogen-bond acceptors (Lipinski definition) is 4. The van der Waals surface area contributed by atoms with E-state index in [0.717, 1.165) is 22.4 Å². The van der Waals surface area contributed by atoms with Crippen LogP contribution in [0.5, 0.6) is 0 Å². The number of amides is 1. The molecular formula is C23H17ClN6O. The summed E-state index contributed by atoms with van der Waals surface area (Å²) in [6.45, 7) is 1.79. The van der Waals surface area contributed by atoms with Gasteiger partial charge in [0.15, 0.2) is 5.69 Å². The lowest BCUT2D eigenvalue weighted by Gasteiger charge is -2.08. The van der Waals surface area contributed by atoms with Gasteiger partial charge >= 0.3 is 0 Å². The molecule has 152 valence electrons. The molecule has 0 unspecified atom stereocenters. The molecule has 3 aromatic carbocycles. The molecule has 0 saturated heterocycles. The zero-order valence-corrected chi connectivity index (χ0v) is 17.3. The van der Waals surface area contributed by atoms with Gasteiger partial charge in [0.05, 0.1) is 22.4 Å². The number of aromatic nitrogens is 5. The lowest BCUT2D eigenvalue weighted by atomic mass is 10.2. The lowest BCUT2D eigenvalue weighted by molar-refractivity contribution is 0.102. The van der Waals surface area contributed by atoms with Gasteiger partial charge in [0.25, 0.3) is 5.91 Å². The summed E-state index contributed by atoms with van der Waals surface area (Å²) in [5.74, 6) is -0.327. The summed E-state index contributed by atoms with van der Waals surface area (Å²) < 4.78 is 3.59. The van der Waals surface area contributed by atoms with Crippen molar-refractivity contribution in [3.05, 3.63) is 95.5 Å². The largest absolute Gasteiger partial charge is 0.321 e. The Morgan fingerprint density at radius 3 is 2.58 bits per heavy atom. The minimum Gasteiger partial charge on any atom is -0.321 e. The Hall–Kier alpha value is -3.97. The van der Waals surface area contributed by atoms with Gasteiger partial charge in [-0.1, -0.05) is 35.0 Å². The van der Waals surface area contributed by atoms with Gasteiger partial charge in [0.2, 0.25) is 0 Å². The Bertz CT molecular complexity index is 1400. The maximum Gasteiger partial charge on any atom is 0.278 e. The van der Waals surface area contributed by atoms with Crippen LogP contribution >= 0.6 is 11.6 Å². The molecule has 0 aliphatic heterocycles. The monoisotopic (exact) mass is 428 g/mol. The zero-order chi connectivity index (χ0) is 21.4. The van der Waals surface area contributed by atoms with Crippen molar-refractivity contribution in [3.63, 3.8) is 0 Å². The van der Waals surface area contributed by atoms with Crippen LogP contribution in [0.4, 0.5) is 5.69 Å². The Morgan fingerprint density at radius 2 is 1.77 bits per heavy atom. The van der Waals surface area contributed by atoms with Crippen molar-refractivity contribution in [1.82, 2.24) is 24.5 Å². The number of rotatable bonds is 4.